The molecule has 1 N–H and O–H groups in total. The highest BCUT2D eigenvalue weighted by Crippen LogP contribution is 2.20. The first-order valence-electron chi connectivity index (χ1n) is 11.5. The highest BCUT2D eigenvalue weighted by atomic mass is 16.5. The second-order valence-electron chi connectivity index (χ2n) is 7.76. The van der Waals surface area contributed by atoms with E-state index in [1.807, 2.05) is 0 Å². The van der Waals surface area contributed by atoms with Crippen LogP contribution in [0.5, 0.6) is 0 Å². The Morgan fingerprint density at radius 2 is 1.15 bits per heavy atom. The van der Waals surface area contributed by atoms with Gasteiger partial charge in [-0.15, -0.1) is 0 Å². The Balaban J connectivity index is 3.95. The third-order valence-corrected chi connectivity index (χ3v) is 5.19. The molecule has 0 spiro atoms. The number of esters is 1. The van der Waals surface area contributed by atoms with Crippen LogP contribution >= 0.6 is 0 Å². The Morgan fingerprint density at radius 1 is 0.692 bits per heavy atom. The molecule has 3 nitrogen and oxygen atoms in total. The molecule has 0 radical (unpaired) electrons. The van der Waals surface area contributed by atoms with Gasteiger partial charge in [0.15, 0.2) is 0 Å². The topological polar surface area (TPSA) is 46.5 Å². The van der Waals surface area contributed by atoms with Gasteiger partial charge in [0, 0.05) is 6.61 Å². The molecule has 0 saturated carbocycles. The lowest BCUT2D eigenvalue weighted by Gasteiger charge is -2.16. The molecule has 3 heteroatoms. The molecule has 0 aliphatic heterocycles. The van der Waals surface area contributed by atoms with Gasteiger partial charge in [-0.05, 0) is 25.7 Å². The summed E-state index contributed by atoms with van der Waals surface area (Å²) in [5.74, 6) is 0.165. The van der Waals surface area contributed by atoms with Crippen molar-refractivity contribution in [2.45, 2.75) is 123 Å². The van der Waals surface area contributed by atoms with Crippen LogP contribution < -0.4 is 0 Å². The number of aliphatic hydroxyl groups is 1. The molecule has 0 aromatic heterocycles. The molecule has 156 valence electrons. The number of carbonyl (C=O) groups excluding carboxylic acids is 1. The second-order valence-corrected chi connectivity index (χ2v) is 7.76. The first kappa shape index (κ1) is 25.4. The molecule has 0 heterocycles. The summed E-state index contributed by atoms with van der Waals surface area (Å²) in [5, 5.41) is 8.77. The Morgan fingerprint density at radius 3 is 1.73 bits per heavy atom. The summed E-state index contributed by atoms with van der Waals surface area (Å²) in [5.41, 5.74) is 0. The zero-order valence-corrected chi connectivity index (χ0v) is 17.8. The highest BCUT2D eigenvalue weighted by Gasteiger charge is 2.19. The van der Waals surface area contributed by atoms with Crippen LogP contribution in [0, 0.1) is 5.92 Å². The molecule has 0 bridgehead atoms. The largest absolute Gasteiger partial charge is 0.465 e. The van der Waals surface area contributed by atoms with E-state index in [1.54, 1.807) is 0 Å². The first-order valence-corrected chi connectivity index (χ1v) is 11.5. The minimum atomic E-state index is 0.0467. The van der Waals surface area contributed by atoms with Crippen LogP contribution in [0.15, 0.2) is 0 Å². The maximum absolute atomic E-state index is 12.5. The summed E-state index contributed by atoms with van der Waals surface area (Å²) < 4.78 is 5.58. The van der Waals surface area contributed by atoms with Crippen LogP contribution in [-0.4, -0.2) is 24.3 Å². The van der Waals surface area contributed by atoms with Crippen LogP contribution in [-0.2, 0) is 9.53 Å². The molecule has 0 rings (SSSR count). The minimum Gasteiger partial charge on any atom is -0.465 e. The van der Waals surface area contributed by atoms with Gasteiger partial charge in [0.05, 0.1) is 12.5 Å². The third-order valence-electron chi connectivity index (χ3n) is 5.19. The van der Waals surface area contributed by atoms with E-state index in [4.69, 9.17) is 9.84 Å². The standard InChI is InChI=1S/C23H46O3/c1-3-5-7-9-11-15-19-22(18-14-8-6-4-2)23(25)26-21-17-13-10-12-16-20-24/h22,24H,3-21H2,1-2H3. The number of rotatable bonds is 20. The van der Waals surface area contributed by atoms with Gasteiger partial charge in [-0.25, -0.2) is 0 Å². The summed E-state index contributed by atoms with van der Waals surface area (Å²) in [6, 6.07) is 0. The highest BCUT2D eigenvalue weighted by molar-refractivity contribution is 5.72. The van der Waals surface area contributed by atoms with Crippen molar-refractivity contribution >= 4 is 5.97 Å². The fraction of sp³-hybridized carbons (Fsp3) is 0.957. The lowest BCUT2D eigenvalue weighted by molar-refractivity contribution is -0.149. The Kier molecular flexibility index (Phi) is 20.3. The maximum atomic E-state index is 12.5. The predicted octanol–water partition coefficient (Wildman–Crippen LogP) is 6.81. The fourth-order valence-electron chi connectivity index (χ4n) is 3.40. The molecule has 0 aliphatic carbocycles. The first-order chi connectivity index (χ1) is 12.8. The Labute approximate surface area is 163 Å². The third kappa shape index (κ3) is 16.9. The van der Waals surface area contributed by atoms with E-state index in [1.165, 1.54) is 57.8 Å². The molecule has 1 atom stereocenters. The number of unbranched alkanes of at least 4 members (excludes halogenated alkanes) is 12. The zero-order chi connectivity index (χ0) is 19.3. The number of ether oxygens (including phenoxy) is 1. The van der Waals surface area contributed by atoms with E-state index < -0.39 is 0 Å². The quantitative estimate of drug-likeness (QED) is 0.189. The van der Waals surface area contributed by atoms with E-state index >= 15 is 0 Å². The Hall–Kier alpha value is -0.570. The number of hydrogen-bond acceptors (Lipinski definition) is 3. The van der Waals surface area contributed by atoms with Gasteiger partial charge in [0.25, 0.3) is 0 Å². The normalized spacial score (nSPS) is 12.3. The van der Waals surface area contributed by atoms with Crippen LogP contribution in [0.1, 0.15) is 123 Å². The summed E-state index contributed by atoms with van der Waals surface area (Å²) in [4.78, 5) is 12.5. The minimum absolute atomic E-state index is 0.0467. The average Bonchev–Trinajstić information content (AvgIpc) is 2.65. The van der Waals surface area contributed by atoms with Crippen LogP contribution in [0.2, 0.25) is 0 Å². The smallest absolute Gasteiger partial charge is 0.308 e. The molecular weight excluding hydrogens is 324 g/mol. The predicted molar refractivity (Wildman–Crippen MR) is 111 cm³/mol. The van der Waals surface area contributed by atoms with Gasteiger partial charge in [-0.1, -0.05) is 97.3 Å². The molecule has 0 aliphatic rings. The van der Waals surface area contributed by atoms with Crippen molar-refractivity contribution in [2.75, 3.05) is 13.2 Å². The van der Waals surface area contributed by atoms with Crippen molar-refractivity contribution in [1.82, 2.24) is 0 Å². The van der Waals surface area contributed by atoms with Crippen molar-refractivity contribution in [1.29, 1.82) is 0 Å². The lowest BCUT2D eigenvalue weighted by Crippen LogP contribution is -2.18. The molecule has 0 amide bonds. The molecule has 0 fully saturated rings. The van der Waals surface area contributed by atoms with Crippen LogP contribution in [0.25, 0.3) is 0 Å². The van der Waals surface area contributed by atoms with E-state index in [0.29, 0.717) is 6.61 Å². The molecule has 26 heavy (non-hydrogen) atoms. The summed E-state index contributed by atoms with van der Waals surface area (Å²) in [6.45, 7) is 5.32. The molecule has 0 aromatic carbocycles. The number of hydrogen-bond donors (Lipinski definition) is 1. The average molecular weight is 371 g/mol. The van der Waals surface area contributed by atoms with Crippen molar-refractivity contribution in [2.24, 2.45) is 5.92 Å². The zero-order valence-electron chi connectivity index (χ0n) is 17.8. The molecule has 0 saturated heterocycles. The Bertz CT molecular complexity index is 291. The van der Waals surface area contributed by atoms with Crippen molar-refractivity contribution in [3.8, 4) is 0 Å². The van der Waals surface area contributed by atoms with Crippen LogP contribution in [0.4, 0.5) is 0 Å². The summed E-state index contributed by atoms with van der Waals surface area (Å²) in [6.07, 6.45) is 19.7. The molecular formula is C23H46O3. The van der Waals surface area contributed by atoms with E-state index in [2.05, 4.69) is 13.8 Å². The molecule has 0 aromatic rings. The van der Waals surface area contributed by atoms with E-state index in [9.17, 15) is 4.79 Å². The lowest BCUT2D eigenvalue weighted by atomic mass is 9.94. The van der Waals surface area contributed by atoms with E-state index in [0.717, 1.165) is 51.4 Å². The number of aliphatic hydroxyl groups excluding tert-OH is 1. The van der Waals surface area contributed by atoms with Gasteiger partial charge in [0.1, 0.15) is 0 Å². The van der Waals surface area contributed by atoms with Gasteiger partial charge in [0.2, 0.25) is 0 Å². The summed E-state index contributed by atoms with van der Waals surface area (Å²) in [7, 11) is 0. The summed E-state index contributed by atoms with van der Waals surface area (Å²) >= 11 is 0. The monoisotopic (exact) mass is 370 g/mol. The molecule has 1 unspecified atom stereocenters. The van der Waals surface area contributed by atoms with Crippen molar-refractivity contribution in [3.05, 3.63) is 0 Å². The van der Waals surface area contributed by atoms with Crippen molar-refractivity contribution < 1.29 is 14.6 Å². The van der Waals surface area contributed by atoms with Gasteiger partial charge in [-0.2, -0.15) is 0 Å². The fourth-order valence-corrected chi connectivity index (χ4v) is 3.40. The SMILES string of the molecule is CCCCCCCCC(CCCCCC)C(=O)OCCCCCCCO. The second kappa shape index (κ2) is 20.7. The maximum Gasteiger partial charge on any atom is 0.308 e. The van der Waals surface area contributed by atoms with Crippen molar-refractivity contribution in [3.63, 3.8) is 0 Å². The van der Waals surface area contributed by atoms with Gasteiger partial charge in [-0.3, -0.25) is 4.79 Å². The van der Waals surface area contributed by atoms with Gasteiger partial charge >= 0.3 is 5.97 Å². The van der Waals surface area contributed by atoms with Gasteiger partial charge < -0.3 is 9.84 Å². The number of carbonyl (C=O) groups is 1. The van der Waals surface area contributed by atoms with Crippen LogP contribution in [0.3, 0.4) is 0 Å². The van der Waals surface area contributed by atoms with E-state index in [-0.39, 0.29) is 18.5 Å².